The molecule has 0 atom stereocenters. The fraction of sp³-hybridized carbons (Fsp3) is 0.269. The normalized spacial score (nSPS) is 14.0. The highest BCUT2D eigenvalue weighted by molar-refractivity contribution is 6.04. The molecule has 1 heterocycles. The van der Waals surface area contributed by atoms with Crippen LogP contribution in [0.25, 0.3) is 0 Å². The van der Waals surface area contributed by atoms with Crippen molar-refractivity contribution in [2.75, 3.05) is 38.2 Å². The Morgan fingerprint density at radius 2 is 1.59 bits per heavy atom. The van der Waals surface area contributed by atoms with E-state index >= 15 is 0 Å². The van der Waals surface area contributed by atoms with Crippen LogP contribution in [0.2, 0.25) is 0 Å². The van der Waals surface area contributed by atoms with E-state index < -0.39 is 0 Å². The number of benzene rings is 3. The lowest BCUT2D eigenvalue weighted by molar-refractivity contribution is 0.0342. The van der Waals surface area contributed by atoms with Crippen LogP contribution in [-0.2, 0) is 11.3 Å². The van der Waals surface area contributed by atoms with Crippen LogP contribution in [0, 0.1) is 0 Å². The predicted octanol–water partition coefficient (Wildman–Crippen LogP) is 4.96. The van der Waals surface area contributed by atoms with Gasteiger partial charge < -0.3 is 19.5 Å². The fourth-order valence-corrected chi connectivity index (χ4v) is 3.54. The number of ether oxygens (including phenoxy) is 3. The van der Waals surface area contributed by atoms with Gasteiger partial charge in [0.1, 0.15) is 17.2 Å². The third-order valence-electron chi connectivity index (χ3n) is 5.18. The second-order valence-corrected chi connectivity index (χ2v) is 7.57. The molecule has 3 aromatic rings. The van der Waals surface area contributed by atoms with Gasteiger partial charge in [-0.2, -0.15) is 0 Å². The molecule has 0 radical (unpaired) electrons. The minimum absolute atomic E-state index is 0.131. The molecule has 0 bridgehead atoms. The number of rotatable bonds is 8. The monoisotopic (exact) mass is 432 g/mol. The first-order chi connectivity index (χ1) is 15.7. The van der Waals surface area contributed by atoms with Crippen LogP contribution in [0.3, 0.4) is 0 Å². The lowest BCUT2D eigenvalue weighted by atomic mass is 10.1. The lowest BCUT2D eigenvalue weighted by Gasteiger charge is -2.26. The van der Waals surface area contributed by atoms with E-state index in [1.54, 1.807) is 0 Å². The Morgan fingerprint density at radius 3 is 2.28 bits per heavy atom. The molecule has 1 saturated heterocycles. The zero-order valence-electron chi connectivity index (χ0n) is 18.3. The molecule has 166 valence electrons. The van der Waals surface area contributed by atoms with Crippen LogP contribution in [0.1, 0.15) is 22.8 Å². The molecule has 6 nitrogen and oxygen atoms in total. The minimum atomic E-state index is -0.131. The first-order valence-corrected chi connectivity index (χ1v) is 10.9. The number of nitrogens with one attached hydrogen (secondary N) is 1. The molecule has 0 saturated carbocycles. The highest BCUT2D eigenvalue weighted by Crippen LogP contribution is 2.25. The summed E-state index contributed by atoms with van der Waals surface area (Å²) in [6.07, 6.45) is 0. The predicted molar refractivity (Wildman–Crippen MR) is 125 cm³/mol. The van der Waals surface area contributed by atoms with Crippen LogP contribution < -0.4 is 14.8 Å². The van der Waals surface area contributed by atoms with Crippen molar-refractivity contribution in [3.8, 4) is 17.2 Å². The molecule has 4 rings (SSSR count). The zero-order valence-corrected chi connectivity index (χ0v) is 18.3. The summed E-state index contributed by atoms with van der Waals surface area (Å²) in [4.78, 5) is 15.1. The SMILES string of the molecule is CCOc1ccc(Oc2ccc(NC(=O)c3cccc(CN4CCOCC4)c3)cc2)cc1. The van der Waals surface area contributed by atoms with Crippen LogP contribution in [0.5, 0.6) is 17.2 Å². The van der Waals surface area contributed by atoms with Crippen molar-refractivity contribution in [3.05, 3.63) is 83.9 Å². The summed E-state index contributed by atoms with van der Waals surface area (Å²) in [6.45, 7) is 6.76. The first kappa shape index (κ1) is 21.9. The molecule has 3 aromatic carbocycles. The summed E-state index contributed by atoms with van der Waals surface area (Å²) in [5, 5.41) is 2.96. The van der Waals surface area contributed by atoms with E-state index in [0.29, 0.717) is 23.6 Å². The lowest BCUT2D eigenvalue weighted by Crippen LogP contribution is -2.35. The average Bonchev–Trinajstić information content (AvgIpc) is 2.83. The van der Waals surface area contributed by atoms with Gasteiger partial charge in [-0.1, -0.05) is 12.1 Å². The number of carbonyl (C=O) groups excluding carboxylic acids is 1. The Labute approximate surface area is 188 Å². The molecule has 32 heavy (non-hydrogen) atoms. The fourth-order valence-electron chi connectivity index (χ4n) is 3.54. The van der Waals surface area contributed by atoms with Gasteiger partial charge in [0.15, 0.2) is 0 Å². The molecule has 0 unspecified atom stereocenters. The summed E-state index contributed by atoms with van der Waals surface area (Å²) < 4.78 is 16.7. The Kier molecular flexibility index (Phi) is 7.38. The van der Waals surface area contributed by atoms with Crippen molar-refractivity contribution < 1.29 is 19.0 Å². The maximum absolute atomic E-state index is 12.7. The highest BCUT2D eigenvalue weighted by atomic mass is 16.5. The van der Waals surface area contributed by atoms with Crippen molar-refractivity contribution in [2.24, 2.45) is 0 Å². The quantitative estimate of drug-likeness (QED) is 0.545. The molecule has 0 spiro atoms. The molecule has 1 fully saturated rings. The van der Waals surface area contributed by atoms with Gasteiger partial charge in [0.25, 0.3) is 5.91 Å². The molecule has 0 aliphatic carbocycles. The number of nitrogens with zero attached hydrogens (tertiary/aromatic N) is 1. The summed E-state index contributed by atoms with van der Waals surface area (Å²) >= 11 is 0. The second kappa shape index (κ2) is 10.8. The Hall–Kier alpha value is -3.35. The number of morpholine rings is 1. The van der Waals surface area contributed by atoms with Gasteiger partial charge in [-0.3, -0.25) is 9.69 Å². The van der Waals surface area contributed by atoms with Crippen LogP contribution in [0.15, 0.2) is 72.8 Å². The van der Waals surface area contributed by atoms with Gasteiger partial charge in [-0.25, -0.2) is 0 Å². The number of carbonyl (C=O) groups is 1. The molecule has 0 aromatic heterocycles. The first-order valence-electron chi connectivity index (χ1n) is 10.9. The summed E-state index contributed by atoms with van der Waals surface area (Å²) in [5.41, 5.74) is 2.48. The minimum Gasteiger partial charge on any atom is -0.494 e. The van der Waals surface area contributed by atoms with Gasteiger partial charge in [0.05, 0.1) is 19.8 Å². The van der Waals surface area contributed by atoms with Crippen molar-refractivity contribution >= 4 is 11.6 Å². The van der Waals surface area contributed by atoms with Gasteiger partial charge >= 0.3 is 0 Å². The molecule has 1 aliphatic rings. The number of amides is 1. The maximum atomic E-state index is 12.7. The van der Waals surface area contributed by atoms with Gasteiger partial charge in [-0.15, -0.1) is 0 Å². The standard InChI is InChI=1S/C26H28N2O4/c1-2-31-23-10-12-25(13-11-23)32-24-8-6-22(7-9-24)27-26(29)21-5-3-4-20(18-21)19-28-14-16-30-17-15-28/h3-13,18H,2,14-17,19H2,1H3,(H,27,29). The molecule has 1 aliphatic heterocycles. The smallest absolute Gasteiger partial charge is 0.255 e. The number of hydrogen-bond acceptors (Lipinski definition) is 5. The van der Waals surface area contributed by atoms with Crippen LogP contribution in [0.4, 0.5) is 5.69 Å². The van der Waals surface area contributed by atoms with Gasteiger partial charge in [0.2, 0.25) is 0 Å². The number of anilines is 1. The van der Waals surface area contributed by atoms with E-state index in [4.69, 9.17) is 14.2 Å². The Balaban J connectivity index is 1.33. The van der Waals surface area contributed by atoms with E-state index in [0.717, 1.165) is 49.9 Å². The topological polar surface area (TPSA) is 60.0 Å². The average molecular weight is 433 g/mol. The third kappa shape index (κ3) is 6.09. The van der Waals surface area contributed by atoms with E-state index in [1.165, 1.54) is 0 Å². The zero-order chi connectivity index (χ0) is 22.2. The summed E-state index contributed by atoms with van der Waals surface area (Å²) in [7, 11) is 0. The van der Waals surface area contributed by atoms with Crippen molar-refractivity contribution in [2.45, 2.75) is 13.5 Å². The molecule has 1 N–H and O–H groups in total. The molecule has 6 heteroatoms. The van der Waals surface area contributed by atoms with E-state index in [1.807, 2.05) is 73.7 Å². The van der Waals surface area contributed by atoms with Gasteiger partial charge in [0, 0.05) is 30.9 Å². The Morgan fingerprint density at radius 1 is 0.938 bits per heavy atom. The molecular weight excluding hydrogens is 404 g/mol. The largest absolute Gasteiger partial charge is 0.494 e. The maximum Gasteiger partial charge on any atom is 0.255 e. The Bertz CT molecular complexity index is 1010. The van der Waals surface area contributed by atoms with Crippen molar-refractivity contribution in [3.63, 3.8) is 0 Å². The molecule has 1 amide bonds. The van der Waals surface area contributed by atoms with Crippen LogP contribution in [-0.4, -0.2) is 43.7 Å². The van der Waals surface area contributed by atoms with E-state index in [9.17, 15) is 4.79 Å². The van der Waals surface area contributed by atoms with Gasteiger partial charge in [-0.05, 0) is 73.2 Å². The van der Waals surface area contributed by atoms with E-state index in [-0.39, 0.29) is 5.91 Å². The van der Waals surface area contributed by atoms with Crippen molar-refractivity contribution in [1.29, 1.82) is 0 Å². The van der Waals surface area contributed by atoms with Crippen LogP contribution >= 0.6 is 0 Å². The third-order valence-corrected chi connectivity index (χ3v) is 5.18. The second-order valence-electron chi connectivity index (χ2n) is 7.57. The summed E-state index contributed by atoms with van der Waals surface area (Å²) in [6, 6.07) is 22.6. The van der Waals surface area contributed by atoms with E-state index in [2.05, 4.69) is 16.3 Å². The number of hydrogen-bond donors (Lipinski definition) is 1. The highest BCUT2D eigenvalue weighted by Gasteiger charge is 2.12. The summed E-state index contributed by atoms with van der Waals surface area (Å²) in [5.74, 6) is 2.10. The molecular formula is C26H28N2O4. The van der Waals surface area contributed by atoms with Crippen molar-refractivity contribution in [1.82, 2.24) is 4.90 Å².